The SMILES string of the molecule is CCOP(=O)(COc1ccc(C[C@H](NC(=O)O[C@H]2CO[C@H]3OCC[C@H]32)[C@H](O)CN(CC(C)C)S(=O)(=O)c2ccc(N)cc2)cc1)OCC. The van der Waals surface area contributed by atoms with Gasteiger partial charge >= 0.3 is 13.7 Å². The van der Waals surface area contributed by atoms with Gasteiger partial charge in [0.05, 0.1) is 49.4 Å². The molecule has 268 valence electrons. The fourth-order valence-corrected chi connectivity index (χ4v) is 8.53. The number of carbonyl (C=O) groups excluding carboxylic acids is 1. The summed E-state index contributed by atoms with van der Waals surface area (Å²) in [6, 6.07) is 11.7. The third-order valence-electron chi connectivity index (χ3n) is 7.91. The number of rotatable bonds is 18. The Morgan fingerprint density at radius 1 is 1.06 bits per heavy atom. The number of hydrogen-bond donors (Lipinski definition) is 3. The van der Waals surface area contributed by atoms with E-state index >= 15 is 0 Å². The van der Waals surface area contributed by atoms with Crippen LogP contribution >= 0.6 is 7.60 Å². The maximum Gasteiger partial charge on any atom is 0.407 e. The number of aliphatic hydroxyl groups is 1. The van der Waals surface area contributed by atoms with Crippen LogP contribution in [0.3, 0.4) is 0 Å². The molecule has 0 spiro atoms. The zero-order chi connectivity index (χ0) is 34.9. The van der Waals surface area contributed by atoms with E-state index in [2.05, 4.69) is 5.32 Å². The highest BCUT2D eigenvalue weighted by Crippen LogP contribution is 2.47. The third kappa shape index (κ3) is 10.4. The molecule has 2 aromatic rings. The van der Waals surface area contributed by atoms with Gasteiger partial charge in [0.2, 0.25) is 10.0 Å². The number of nitrogen functional groups attached to an aromatic ring is 1. The van der Waals surface area contributed by atoms with E-state index in [0.29, 0.717) is 30.0 Å². The summed E-state index contributed by atoms with van der Waals surface area (Å²) in [6.07, 6.45) is -2.47. The predicted molar refractivity (Wildman–Crippen MR) is 178 cm³/mol. The summed E-state index contributed by atoms with van der Waals surface area (Å²) in [6.45, 7) is 8.13. The van der Waals surface area contributed by atoms with Crippen LogP contribution in [0.5, 0.6) is 5.75 Å². The second kappa shape index (κ2) is 17.3. The van der Waals surface area contributed by atoms with E-state index in [-0.39, 0.29) is 62.4 Å². The number of sulfonamides is 1. The summed E-state index contributed by atoms with van der Waals surface area (Å²) < 4.78 is 74.4. The molecule has 0 saturated carbocycles. The van der Waals surface area contributed by atoms with Crippen molar-refractivity contribution < 1.29 is 50.9 Å². The van der Waals surface area contributed by atoms with Gasteiger partial charge in [-0.15, -0.1) is 0 Å². The second-order valence-electron chi connectivity index (χ2n) is 12.1. The number of benzene rings is 2. The van der Waals surface area contributed by atoms with Crippen LogP contribution in [-0.4, -0.2) is 94.3 Å². The second-order valence-corrected chi connectivity index (χ2v) is 16.1. The largest absolute Gasteiger partial charge is 0.481 e. The van der Waals surface area contributed by atoms with Crippen molar-refractivity contribution in [3.63, 3.8) is 0 Å². The number of ether oxygens (including phenoxy) is 4. The lowest BCUT2D eigenvalue weighted by molar-refractivity contribution is -0.0907. The highest BCUT2D eigenvalue weighted by Gasteiger charge is 2.44. The predicted octanol–water partition coefficient (Wildman–Crippen LogP) is 3.98. The Labute approximate surface area is 282 Å². The van der Waals surface area contributed by atoms with Gasteiger partial charge < -0.3 is 44.2 Å². The van der Waals surface area contributed by atoms with Gasteiger partial charge in [-0.1, -0.05) is 26.0 Å². The standard InChI is InChI=1S/C32H48N3O11PS/c1-5-44-47(38,45-6-2)21-43-25-11-7-23(8-12-25)17-28(34-32(37)46-30-20-42-31-27(30)15-16-41-31)29(36)19-35(18-22(3)4)48(39,40)26-13-9-24(33)10-14-26/h7-14,22,27-31,36H,5-6,15-21,33H2,1-4H3,(H,34,37)/t27-,28-,29+,30-,31+/m0/s1. The fourth-order valence-electron chi connectivity index (χ4n) is 5.59. The molecule has 16 heteroatoms. The number of aliphatic hydroxyl groups excluding tert-OH is 1. The summed E-state index contributed by atoms with van der Waals surface area (Å²) in [5.41, 5.74) is 6.90. The van der Waals surface area contributed by atoms with Crippen LogP contribution in [-0.2, 0) is 44.3 Å². The molecule has 2 aliphatic heterocycles. The van der Waals surface area contributed by atoms with Crippen LogP contribution < -0.4 is 15.8 Å². The average Bonchev–Trinajstić information content (AvgIpc) is 3.65. The average molecular weight is 714 g/mol. The molecular formula is C32H48N3O11PS. The van der Waals surface area contributed by atoms with Crippen LogP contribution in [0.15, 0.2) is 53.4 Å². The lowest BCUT2D eigenvalue weighted by Gasteiger charge is -2.31. The Morgan fingerprint density at radius 2 is 1.73 bits per heavy atom. The Balaban J connectivity index is 1.51. The minimum atomic E-state index is -4.02. The van der Waals surface area contributed by atoms with E-state index in [1.54, 1.807) is 38.1 Å². The molecule has 4 rings (SSSR count). The molecule has 2 aliphatic rings. The van der Waals surface area contributed by atoms with Crippen molar-refractivity contribution in [2.45, 2.75) is 70.0 Å². The normalized spacial score (nSPS) is 20.9. The zero-order valence-corrected chi connectivity index (χ0v) is 29.6. The van der Waals surface area contributed by atoms with Crippen molar-refractivity contribution in [2.75, 3.05) is 51.6 Å². The molecule has 2 heterocycles. The zero-order valence-electron chi connectivity index (χ0n) is 27.9. The maximum atomic E-state index is 13.7. The number of carbonyl (C=O) groups is 1. The molecule has 2 aromatic carbocycles. The first-order chi connectivity index (χ1) is 22.8. The monoisotopic (exact) mass is 713 g/mol. The molecule has 0 aromatic heterocycles. The van der Waals surface area contributed by atoms with E-state index < -0.39 is 48.3 Å². The van der Waals surface area contributed by atoms with Gasteiger partial charge in [0.1, 0.15) is 11.9 Å². The maximum absolute atomic E-state index is 13.7. The van der Waals surface area contributed by atoms with Crippen molar-refractivity contribution >= 4 is 29.4 Å². The van der Waals surface area contributed by atoms with Gasteiger partial charge in [-0.2, -0.15) is 4.31 Å². The van der Waals surface area contributed by atoms with Gasteiger partial charge in [-0.25, -0.2) is 13.2 Å². The van der Waals surface area contributed by atoms with Gasteiger partial charge in [0.15, 0.2) is 12.6 Å². The smallest absolute Gasteiger partial charge is 0.407 e. The number of alkyl carbamates (subject to hydrolysis) is 1. The van der Waals surface area contributed by atoms with Crippen molar-refractivity contribution in [3.05, 3.63) is 54.1 Å². The number of hydrogen-bond acceptors (Lipinski definition) is 12. The topological polar surface area (TPSA) is 185 Å². The minimum Gasteiger partial charge on any atom is -0.481 e. The molecule has 14 nitrogen and oxygen atoms in total. The molecule has 1 amide bonds. The summed E-state index contributed by atoms with van der Waals surface area (Å²) in [5, 5.41) is 14.3. The molecule has 0 bridgehead atoms. The number of nitrogens with one attached hydrogen (secondary N) is 1. The van der Waals surface area contributed by atoms with Gasteiger partial charge in [0, 0.05) is 18.8 Å². The highest BCUT2D eigenvalue weighted by molar-refractivity contribution is 7.89. The molecule has 4 N–H and O–H groups in total. The Bertz CT molecular complexity index is 1470. The molecule has 48 heavy (non-hydrogen) atoms. The van der Waals surface area contributed by atoms with E-state index in [4.69, 9.17) is 33.7 Å². The van der Waals surface area contributed by atoms with E-state index in [1.165, 1.54) is 28.6 Å². The van der Waals surface area contributed by atoms with E-state index in [9.17, 15) is 22.9 Å². The van der Waals surface area contributed by atoms with E-state index in [0.717, 1.165) is 0 Å². The summed E-state index contributed by atoms with van der Waals surface area (Å²) in [7, 11) is -7.44. The summed E-state index contributed by atoms with van der Waals surface area (Å²) in [5.74, 6) is 0.267. The van der Waals surface area contributed by atoms with Crippen LogP contribution in [0.1, 0.15) is 39.7 Å². The first kappa shape index (κ1) is 38.1. The number of nitrogens with two attached hydrogens (primary N) is 1. The third-order valence-corrected chi connectivity index (χ3v) is 11.5. The van der Waals surface area contributed by atoms with Gasteiger partial charge in [-0.05, 0) is 74.6 Å². The van der Waals surface area contributed by atoms with Crippen molar-refractivity contribution in [1.29, 1.82) is 0 Å². The van der Waals surface area contributed by atoms with Gasteiger partial charge in [0.25, 0.3) is 0 Å². The fraction of sp³-hybridized carbons (Fsp3) is 0.594. The van der Waals surface area contributed by atoms with Crippen molar-refractivity contribution in [3.8, 4) is 5.75 Å². The molecule has 0 aliphatic carbocycles. The quantitative estimate of drug-likeness (QED) is 0.149. The Kier molecular flexibility index (Phi) is 13.7. The first-order valence-corrected chi connectivity index (χ1v) is 19.3. The Morgan fingerprint density at radius 3 is 2.35 bits per heavy atom. The van der Waals surface area contributed by atoms with Crippen molar-refractivity contribution in [2.24, 2.45) is 11.8 Å². The molecule has 2 fully saturated rings. The lowest BCUT2D eigenvalue weighted by atomic mass is 10.0. The van der Waals surface area contributed by atoms with Gasteiger partial charge in [-0.3, -0.25) is 4.57 Å². The summed E-state index contributed by atoms with van der Waals surface area (Å²) in [4.78, 5) is 13.2. The minimum absolute atomic E-state index is 0.0387. The molecular weight excluding hydrogens is 665 g/mol. The van der Waals surface area contributed by atoms with E-state index in [1.807, 2.05) is 13.8 Å². The highest BCUT2D eigenvalue weighted by atomic mass is 32.2. The van der Waals surface area contributed by atoms with Crippen LogP contribution in [0, 0.1) is 11.8 Å². The number of amides is 1. The van der Waals surface area contributed by atoms with Crippen LogP contribution in [0.2, 0.25) is 0 Å². The molecule has 5 atom stereocenters. The molecule has 2 saturated heterocycles. The van der Waals surface area contributed by atoms with Crippen molar-refractivity contribution in [1.82, 2.24) is 9.62 Å². The number of fused-ring (bicyclic) bond motifs is 1. The molecule has 0 radical (unpaired) electrons. The number of anilines is 1. The number of nitrogens with zero attached hydrogens (tertiary/aromatic N) is 1. The lowest BCUT2D eigenvalue weighted by Crippen LogP contribution is -2.51. The van der Waals surface area contributed by atoms with Crippen LogP contribution in [0.25, 0.3) is 0 Å². The summed E-state index contributed by atoms with van der Waals surface area (Å²) >= 11 is 0. The molecule has 0 unspecified atom stereocenters. The Hall–Kier alpha value is -2.75. The van der Waals surface area contributed by atoms with Crippen LogP contribution in [0.4, 0.5) is 10.5 Å². The first-order valence-electron chi connectivity index (χ1n) is 16.2.